The van der Waals surface area contributed by atoms with E-state index in [1.54, 1.807) is 6.92 Å². The summed E-state index contributed by atoms with van der Waals surface area (Å²) in [6.45, 7) is -0.660. The summed E-state index contributed by atoms with van der Waals surface area (Å²) in [5.41, 5.74) is -0.641. The Bertz CT molecular complexity index is 1030. The topological polar surface area (TPSA) is 153 Å². The monoisotopic (exact) mass is 499 g/mol. The Morgan fingerprint density at radius 3 is 2.85 bits per heavy atom. The second-order valence-corrected chi connectivity index (χ2v) is 12.2. The summed E-state index contributed by atoms with van der Waals surface area (Å²) >= 11 is 0.897. The summed E-state index contributed by atoms with van der Waals surface area (Å²) in [5.74, 6) is 0.188. The number of rotatable bonds is 10. The minimum absolute atomic E-state index is 0.0416. The number of aromatic nitrogens is 2. The van der Waals surface area contributed by atoms with Crippen LogP contribution in [0.4, 0.5) is 0 Å². The van der Waals surface area contributed by atoms with Crippen LogP contribution in [-0.4, -0.2) is 65.8 Å². The van der Waals surface area contributed by atoms with E-state index >= 15 is 0 Å². The minimum atomic E-state index is -3.75. The molecule has 2 fully saturated rings. The van der Waals surface area contributed by atoms with Gasteiger partial charge in [-0.1, -0.05) is 6.92 Å². The van der Waals surface area contributed by atoms with Gasteiger partial charge >= 0.3 is 12.5 Å². The quantitative estimate of drug-likeness (QED) is 0.273. The Morgan fingerprint density at radius 1 is 1.39 bits per heavy atom. The number of ether oxygens (including phenoxy) is 2. The van der Waals surface area contributed by atoms with E-state index in [0.29, 0.717) is 12.0 Å². The number of aromatic amines is 1. The van der Waals surface area contributed by atoms with Gasteiger partial charge in [0.25, 0.3) is 5.56 Å². The number of nitrogens with zero attached hydrogens (tertiary/aromatic N) is 2. The van der Waals surface area contributed by atoms with E-state index < -0.39 is 48.6 Å². The summed E-state index contributed by atoms with van der Waals surface area (Å²) in [5, 5.41) is 18.3. The second-order valence-electron chi connectivity index (χ2n) is 8.08. The summed E-state index contributed by atoms with van der Waals surface area (Å²) in [4.78, 5) is 26.1. The van der Waals surface area contributed by atoms with Crippen molar-refractivity contribution in [3.8, 4) is 6.07 Å². The Morgan fingerprint density at radius 2 is 2.15 bits per heavy atom. The first kappa shape index (κ1) is 26.2. The molecule has 0 aromatic carbocycles. The summed E-state index contributed by atoms with van der Waals surface area (Å²) < 4.78 is 37.6. The first-order chi connectivity index (χ1) is 15.7. The lowest BCUT2D eigenvalue weighted by atomic mass is 9.96. The molecule has 11 nitrogen and oxygen atoms in total. The van der Waals surface area contributed by atoms with Crippen molar-refractivity contribution >= 4 is 26.0 Å². The first-order valence-electron chi connectivity index (χ1n) is 10.6. The summed E-state index contributed by atoms with van der Waals surface area (Å²) in [6, 6.07) is 1.33. The predicted molar refractivity (Wildman–Crippen MR) is 121 cm³/mol. The van der Waals surface area contributed by atoms with Crippen molar-refractivity contribution in [2.45, 2.75) is 63.7 Å². The van der Waals surface area contributed by atoms with Crippen LogP contribution in [0.25, 0.3) is 0 Å². The van der Waals surface area contributed by atoms with Crippen molar-refractivity contribution in [3.05, 3.63) is 32.6 Å². The second kappa shape index (κ2) is 11.4. The van der Waals surface area contributed by atoms with E-state index in [1.807, 2.05) is 13.0 Å². The number of nitrogens with one attached hydrogen (secondary N) is 1. The molecule has 2 radical (unpaired) electrons. The predicted octanol–water partition coefficient (Wildman–Crippen LogP) is 1.20. The molecule has 2 saturated heterocycles. The maximum Gasteiger partial charge on any atom is 0.389 e. The number of H-pyrrole nitrogens is 1. The summed E-state index contributed by atoms with van der Waals surface area (Å²) in [6.07, 6.45) is -0.210. The maximum atomic E-state index is 13.4. The molecule has 7 atom stereocenters. The average molecular weight is 499 g/mol. The molecule has 0 spiro atoms. The van der Waals surface area contributed by atoms with Gasteiger partial charge in [-0.15, -0.1) is 0 Å². The van der Waals surface area contributed by atoms with E-state index in [9.17, 15) is 19.3 Å². The third kappa shape index (κ3) is 6.60. The van der Waals surface area contributed by atoms with Crippen LogP contribution in [0, 0.1) is 24.2 Å². The molecule has 1 aromatic heterocycles. The third-order valence-corrected chi connectivity index (χ3v) is 9.30. The highest BCUT2D eigenvalue weighted by atomic mass is 32.7. The Hall–Kier alpha value is -1.39. The van der Waals surface area contributed by atoms with Gasteiger partial charge in [-0.05, 0) is 37.1 Å². The zero-order valence-corrected chi connectivity index (χ0v) is 20.1. The number of aliphatic hydroxyl groups excluding tert-OH is 1. The molecule has 0 bridgehead atoms. The fraction of sp³-hybridized carbons (Fsp3) is 0.737. The highest BCUT2D eigenvalue weighted by Crippen LogP contribution is 2.62. The van der Waals surface area contributed by atoms with E-state index in [-0.39, 0.29) is 37.7 Å². The fourth-order valence-corrected chi connectivity index (χ4v) is 7.05. The van der Waals surface area contributed by atoms with Crippen LogP contribution >= 0.6 is 18.2 Å². The van der Waals surface area contributed by atoms with Gasteiger partial charge in [-0.3, -0.25) is 23.4 Å². The molecule has 3 rings (SSSR count). The highest BCUT2D eigenvalue weighted by Gasteiger charge is 2.41. The molecule has 0 aliphatic carbocycles. The van der Waals surface area contributed by atoms with Gasteiger partial charge < -0.3 is 14.6 Å². The van der Waals surface area contributed by atoms with Crippen LogP contribution in [0.5, 0.6) is 0 Å². The maximum absolute atomic E-state index is 13.4. The molecule has 180 valence electrons. The third-order valence-electron chi connectivity index (χ3n) is 5.53. The molecule has 2 N–H and O–H groups in total. The van der Waals surface area contributed by atoms with E-state index in [4.69, 9.17) is 31.6 Å². The van der Waals surface area contributed by atoms with Gasteiger partial charge in [0.2, 0.25) is 0 Å². The highest BCUT2D eigenvalue weighted by molar-refractivity contribution is 8.55. The van der Waals surface area contributed by atoms with Crippen molar-refractivity contribution in [2.75, 3.05) is 19.0 Å². The molecule has 0 amide bonds. The Labute approximate surface area is 196 Å². The van der Waals surface area contributed by atoms with Gasteiger partial charge in [-0.25, -0.2) is 9.36 Å². The largest absolute Gasteiger partial charge is 0.394 e. The average Bonchev–Trinajstić information content (AvgIpc) is 3.30. The van der Waals surface area contributed by atoms with Crippen molar-refractivity contribution < 1.29 is 28.2 Å². The van der Waals surface area contributed by atoms with Crippen molar-refractivity contribution in [2.24, 2.45) is 5.92 Å². The number of nitriles is 1. The molecular weight excluding hydrogens is 472 g/mol. The van der Waals surface area contributed by atoms with Crippen LogP contribution in [-0.2, 0) is 23.1 Å². The van der Waals surface area contributed by atoms with Gasteiger partial charge in [0.05, 0.1) is 31.5 Å². The molecule has 1 unspecified atom stereocenters. The summed E-state index contributed by atoms with van der Waals surface area (Å²) in [7, 11) is 5.76. The van der Waals surface area contributed by atoms with E-state index in [2.05, 4.69) is 4.98 Å². The van der Waals surface area contributed by atoms with Crippen LogP contribution in [0.1, 0.15) is 38.0 Å². The molecule has 14 heteroatoms. The number of aliphatic hydroxyl groups is 1. The Balaban J connectivity index is 1.68. The lowest BCUT2D eigenvalue weighted by Crippen LogP contribution is -2.33. The minimum Gasteiger partial charge on any atom is -0.394 e. The molecular formula is C19H27BN3O8PS. The SMILES string of the molecule is [B][C@H]1C[C@@H](OP(=O)(OC[C@H]2O[C@@H](n3cc(C)c(=O)[nH]c3=O)C[C@H]2C)SCCC#N)[C@@H](CO)O1. The van der Waals surface area contributed by atoms with E-state index in [0.717, 1.165) is 11.4 Å². The van der Waals surface area contributed by atoms with E-state index in [1.165, 1.54) is 10.8 Å². The Kier molecular flexibility index (Phi) is 9.03. The first-order valence-corrected chi connectivity index (χ1v) is 13.7. The van der Waals surface area contributed by atoms with Gasteiger partial charge in [0, 0.05) is 29.9 Å². The zero-order valence-electron chi connectivity index (χ0n) is 18.4. The standard InChI is InChI=1S/C19H27BN3O8PS/c1-11-6-17(23-8-12(2)18(25)22-19(23)26)30-15(11)10-28-32(27,33-5-3-4-21)31-13-7-16(20)29-14(13)9-24/h8,11,13-17,24H,3,5-7,9-10H2,1-2H3,(H,22,25,26)/t11-,13-,14-,15-,16-,17-,32?/m1/s1. The van der Waals surface area contributed by atoms with Gasteiger partial charge in [0.1, 0.15) is 20.2 Å². The normalized spacial score (nSPS) is 31.3. The van der Waals surface area contributed by atoms with Crippen LogP contribution in [0.3, 0.4) is 0 Å². The molecule has 0 saturated carbocycles. The molecule has 2 aliphatic rings. The fourth-order valence-electron chi connectivity index (χ4n) is 3.70. The zero-order chi connectivity index (χ0) is 24.2. The lowest BCUT2D eigenvalue weighted by molar-refractivity contribution is -0.0321. The molecule has 33 heavy (non-hydrogen) atoms. The number of hydrogen-bond donors (Lipinski definition) is 2. The molecule has 2 aliphatic heterocycles. The number of aryl methyl sites for hydroxylation is 1. The number of hydrogen-bond acceptors (Lipinski definition) is 10. The molecule has 1 aromatic rings. The van der Waals surface area contributed by atoms with Crippen molar-refractivity contribution in [1.29, 1.82) is 5.26 Å². The smallest absolute Gasteiger partial charge is 0.389 e. The lowest BCUT2D eigenvalue weighted by Gasteiger charge is -2.25. The molecule has 3 heterocycles. The van der Waals surface area contributed by atoms with Gasteiger partial charge in [-0.2, -0.15) is 5.26 Å². The van der Waals surface area contributed by atoms with Crippen LogP contribution in [0.15, 0.2) is 15.8 Å². The van der Waals surface area contributed by atoms with Crippen LogP contribution in [0.2, 0.25) is 0 Å². The van der Waals surface area contributed by atoms with Crippen molar-refractivity contribution in [3.63, 3.8) is 0 Å². The van der Waals surface area contributed by atoms with Gasteiger partial charge in [0.15, 0.2) is 0 Å². The van der Waals surface area contributed by atoms with Crippen molar-refractivity contribution in [1.82, 2.24) is 9.55 Å². The van der Waals surface area contributed by atoms with Crippen LogP contribution < -0.4 is 11.2 Å².